The molecular weight excluding hydrogens is 368 g/mol. The minimum Gasteiger partial charge on any atom is -0.465 e. The van der Waals surface area contributed by atoms with Gasteiger partial charge >= 0.3 is 6.09 Å². The lowest BCUT2D eigenvalue weighted by Crippen LogP contribution is -2.50. The van der Waals surface area contributed by atoms with Gasteiger partial charge < -0.3 is 15.3 Å². The molecule has 1 aromatic carbocycles. The van der Waals surface area contributed by atoms with Gasteiger partial charge in [-0.1, -0.05) is 27.5 Å². The summed E-state index contributed by atoms with van der Waals surface area (Å²) in [6.07, 6.45) is 3.00. The maximum atomic E-state index is 11.3. The van der Waals surface area contributed by atoms with Crippen LogP contribution in [0.25, 0.3) is 0 Å². The molecule has 2 aliphatic rings. The predicted octanol–water partition coefficient (Wildman–Crippen LogP) is 4.17. The molecule has 3 atom stereocenters. The molecule has 2 fully saturated rings. The highest BCUT2D eigenvalue weighted by molar-refractivity contribution is 9.10. The molecule has 0 saturated carbocycles. The number of aryl methyl sites for hydroxylation is 1. The Morgan fingerprint density at radius 1 is 1.41 bits per heavy atom. The second-order valence-corrected chi connectivity index (χ2v) is 7.59. The van der Waals surface area contributed by atoms with Gasteiger partial charge in [-0.15, -0.1) is 0 Å². The third-order valence-corrected chi connectivity index (χ3v) is 5.85. The molecule has 2 unspecified atom stereocenters. The molecule has 0 aromatic heterocycles. The Kier molecular flexibility index (Phi) is 4.67. The molecule has 3 rings (SSSR count). The van der Waals surface area contributed by atoms with Gasteiger partial charge in [-0.3, -0.25) is 0 Å². The van der Waals surface area contributed by atoms with Crippen LogP contribution in [0.1, 0.15) is 36.8 Å². The van der Waals surface area contributed by atoms with Crippen molar-refractivity contribution in [3.05, 3.63) is 32.8 Å². The maximum Gasteiger partial charge on any atom is 0.407 e. The third-order valence-electron chi connectivity index (χ3n) is 4.81. The molecule has 1 amide bonds. The normalized spacial score (nSPS) is 27.2. The first kappa shape index (κ1) is 16.1. The first-order chi connectivity index (χ1) is 10.5. The number of carbonyl (C=O) groups is 1. The Morgan fingerprint density at radius 3 is 2.59 bits per heavy atom. The first-order valence-corrected chi connectivity index (χ1v) is 8.82. The average molecular weight is 388 g/mol. The van der Waals surface area contributed by atoms with Crippen molar-refractivity contribution >= 4 is 33.6 Å². The van der Waals surface area contributed by atoms with Gasteiger partial charge in [0.15, 0.2) is 0 Å². The Bertz CT molecular complexity index is 559. The van der Waals surface area contributed by atoms with E-state index in [0.717, 1.165) is 46.3 Å². The zero-order valence-corrected chi connectivity index (χ0v) is 14.8. The Balaban J connectivity index is 1.64. The fourth-order valence-corrected chi connectivity index (χ4v) is 4.97. The molecule has 0 aliphatic carbocycles. The Labute approximate surface area is 144 Å². The van der Waals surface area contributed by atoms with Crippen LogP contribution in [-0.4, -0.2) is 34.2 Å². The summed E-state index contributed by atoms with van der Waals surface area (Å²) in [5, 5.41) is 13.6. The van der Waals surface area contributed by atoms with E-state index in [1.54, 1.807) is 4.90 Å². The summed E-state index contributed by atoms with van der Waals surface area (Å²) in [6.45, 7) is 2.73. The third kappa shape index (κ3) is 3.12. The summed E-state index contributed by atoms with van der Waals surface area (Å²) in [4.78, 5) is 13.0. The highest BCUT2D eigenvalue weighted by atomic mass is 79.9. The van der Waals surface area contributed by atoms with E-state index in [0.29, 0.717) is 12.6 Å². The number of benzene rings is 1. The summed E-state index contributed by atoms with van der Waals surface area (Å²) in [7, 11) is 0. The molecule has 6 heteroatoms. The van der Waals surface area contributed by atoms with Crippen molar-refractivity contribution in [1.82, 2.24) is 10.2 Å². The van der Waals surface area contributed by atoms with Crippen molar-refractivity contribution in [3.63, 3.8) is 0 Å². The SMILES string of the molecule is Cc1cc(Cl)c(CNC2CC3CC[C@@H](C2)N3C(=O)O)c(Br)c1. The molecular formula is C16H20BrClN2O2. The minimum atomic E-state index is -0.768. The fraction of sp³-hybridized carbons (Fsp3) is 0.562. The molecule has 0 spiro atoms. The largest absolute Gasteiger partial charge is 0.465 e. The van der Waals surface area contributed by atoms with Gasteiger partial charge in [0.2, 0.25) is 0 Å². The lowest BCUT2D eigenvalue weighted by molar-refractivity contribution is 0.0919. The molecule has 1 aromatic rings. The number of nitrogens with one attached hydrogen (secondary N) is 1. The number of amides is 1. The summed E-state index contributed by atoms with van der Waals surface area (Å²) >= 11 is 9.91. The van der Waals surface area contributed by atoms with Crippen LogP contribution < -0.4 is 5.32 Å². The van der Waals surface area contributed by atoms with Crippen molar-refractivity contribution in [1.29, 1.82) is 0 Å². The smallest absolute Gasteiger partial charge is 0.407 e. The van der Waals surface area contributed by atoms with E-state index < -0.39 is 6.09 Å². The van der Waals surface area contributed by atoms with Gasteiger partial charge in [-0.2, -0.15) is 0 Å². The lowest BCUT2D eigenvalue weighted by atomic mass is 9.97. The van der Waals surface area contributed by atoms with E-state index in [-0.39, 0.29) is 12.1 Å². The van der Waals surface area contributed by atoms with E-state index in [4.69, 9.17) is 11.6 Å². The van der Waals surface area contributed by atoms with Gasteiger partial charge in [0, 0.05) is 34.2 Å². The molecule has 2 heterocycles. The minimum absolute atomic E-state index is 0.172. The van der Waals surface area contributed by atoms with Crippen LogP contribution in [0.5, 0.6) is 0 Å². The highest BCUT2D eigenvalue weighted by Crippen LogP contribution is 2.36. The van der Waals surface area contributed by atoms with Gasteiger partial charge in [0.25, 0.3) is 0 Å². The molecule has 22 heavy (non-hydrogen) atoms. The van der Waals surface area contributed by atoms with E-state index in [2.05, 4.69) is 27.3 Å². The van der Waals surface area contributed by atoms with Crippen LogP contribution in [0.2, 0.25) is 5.02 Å². The van der Waals surface area contributed by atoms with Crippen LogP contribution in [-0.2, 0) is 6.54 Å². The van der Waals surface area contributed by atoms with Crippen LogP contribution in [0.15, 0.2) is 16.6 Å². The molecule has 2 saturated heterocycles. The monoisotopic (exact) mass is 386 g/mol. The van der Waals surface area contributed by atoms with E-state index in [1.165, 1.54) is 0 Å². The van der Waals surface area contributed by atoms with E-state index >= 15 is 0 Å². The van der Waals surface area contributed by atoms with E-state index in [1.807, 2.05) is 13.0 Å². The second kappa shape index (κ2) is 6.38. The van der Waals surface area contributed by atoms with Crippen molar-refractivity contribution in [2.24, 2.45) is 0 Å². The zero-order chi connectivity index (χ0) is 15.9. The van der Waals surface area contributed by atoms with Gasteiger partial charge in [-0.05, 0) is 55.9 Å². The maximum absolute atomic E-state index is 11.3. The molecule has 4 nitrogen and oxygen atoms in total. The molecule has 2 N–H and O–H groups in total. The Morgan fingerprint density at radius 2 is 2.05 bits per heavy atom. The fourth-order valence-electron chi connectivity index (χ4n) is 3.80. The van der Waals surface area contributed by atoms with Crippen molar-refractivity contribution in [3.8, 4) is 0 Å². The molecule has 2 aliphatic heterocycles. The number of carboxylic acid groups (broad SMARTS) is 1. The van der Waals surface area contributed by atoms with Crippen LogP contribution in [0.4, 0.5) is 4.79 Å². The highest BCUT2D eigenvalue weighted by Gasteiger charge is 2.43. The van der Waals surface area contributed by atoms with Crippen molar-refractivity contribution < 1.29 is 9.90 Å². The number of rotatable bonds is 3. The summed E-state index contributed by atoms with van der Waals surface area (Å²) in [5.74, 6) is 0. The number of hydrogen-bond acceptors (Lipinski definition) is 2. The second-order valence-electron chi connectivity index (χ2n) is 6.33. The Hall–Kier alpha value is -0.780. The van der Waals surface area contributed by atoms with Crippen LogP contribution in [0, 0.1) is 6.92 Å². The number of piperidine rings is 1. The predicted molar refractivity (Wildman–Crippen MR) is 90.4 cm³/mol. The van der Waals surface area contributed by atoms with Crippen molar-refractivity contribution in [2.45, 2.75) is 57.3 Å². The van der Waals surface area contributed by atoms with Gasteiger partial charge in [0.05, 0.1) is 0 Å². The summed E-state index contributed by atoms with van der Waals surface area (Å²) < 4.78 is 1.02. The average Bonchev–Trinajstić information content (AvgIpc) is 2.69. The molecule has 2 bridgehead atoms. The van der Waals surface area contributed by atoms with E-state index in [9.17, 15) is 9.90 Å². The number of hydrogen-bond donors (Lipinski definition) is 2. The lowest BCUT2D eigenvalue weighted by Gasteiger charge is -2.37. The number of nitrogens with zero attached hydrogens (tertiary/aromatic N) is 1. The molecule has 120 valence electrons. The standard InChI is InChI=1S/C16H20BrClN2O2/c1-9-4-14(17)13(15(18)5-9)8-19-10-6-11-2-3-12(7-10)20(11)16(21)22/h4-5,10-12,19H,2-3,6-8H2,1H3,(H,21,22)/t10?,11-,12?/m0/s1. The van der Waals surface area contributed by atoms with Crippen LogP contribution >= 0.6 is 27.5 Å². The summed E-state index contributed by atoms with van der Waals surface area (Å²) in [5.41, 5.74) is 2.20. The van der Waals surface area contributed by atoms with Crippen molar-refractivity contribution in [2.75, 3.05) is 0 Å². The van der Waals surface area contributed by atoms with Crippen LogP contribution in [0.3, 0.4) is 0 Å². The van der Waals surface area contributed by atoms with Gasteiger partial charge in [0.1, 0.15) is 0 Å². The first-order valence-electron chi connectivity index (χ1n) is 7.65. The zero-order valence-electron chi connectivity index (χ0n) is 12.5. The molecule has 0 radical (unpaired) electrons. The summed E-state index contributed by atoms with van der Waals surface area (Å²) in [6, 6.07) is 4.74. The topological polar surface area (TPSA) is 52.6 Å². The number of halogens is 2. The van der Waals surface area contributed by atoms with Gasteiger partial charge in [-0.25, -0.2) is 4.79 Å². The number of fused-ring (bicyclic) bond motifs is 2. The quantitative estimate of drug-likeness (QED) is 0.818.